The predicted molar refractivity (Wildman–Crippen MR) is 125 cm³/mol. The van der Waals surface area contributed by atoms with Crippen LogP contribution in [0.3, 0.4) is 0 Å². The molecular formula is C24H25NO3S2. The van der Waals surface area contributed by atoms with Crippen LogP contribution in [-0.2, 0) is 20.9 Å². The lowest BCUT2D eigenvalue weighted by Crippen LogP contribution is -2.36. The zero-order valence-corrected chi connectivity index (χ0v) is 18.9. The van der Waals surface area contributed by atoms with Gasteiger partial charge >= 0.3 is 0 Å². The van der Waals surface area contributed by atoms with Gasteiger partial charge in [-0.2, -0.15) is 0 Å². The van der Waals surface area contributed by atoms with Gasteiger partial charge in [-0.15, -0.1) is 0 Å². The molecule has 0 spiro atoms. The number of hydrogen-bond donors (Lipinski definition) is 0. The molecule has 0 fully saturated rings. The van der Waals surface area contributed by atoms with Crippen molar-refractivity contribution < 1.29 is 13.2 Å². The summed E-state index contributed by atoms with van der Waals surface area (Å²) >= 11 is 0. The van der Waals surface area contributed by atoms with Crippen molar-refractivity contribution in [3.05, 3.63) is 106 Å². The van der Waals surface area contributed by atoms with Crippen molar-refractivity contribution in [1.29, 1.82) is 0 Å². The number of hydrogen-bond acceptors (Lipinski definition) is 3. The Balaban J connectivity index is 2.05. The molecule has 6 heteroatoms. The quantitative estimate of drug-likeness (QED) is 0.369. The van der Waals surface area contributed by atoms with Crippen molar-refractivity contribution in [1.82, 2.24) is 0 Å². The second-order valence-electron chi connectivity index (χ2n) is 7.28. The van der Waals surface area contributed by atoms with Crippen molar-refractivity contribution in [3.8, 4) is 0 Å². The largest absolute Gasteiger partial charge is 0.534 e. The molecule has 0 saturated carbocycles. The van der Waals surface area contributed by atoms with Crippen molar-refractivity contribution >= 4 is 26.7 Å². The molecule has 3 aromatic rings. The van der Waals surface area contributed by atoms with Gasteiger partial charge in [-0.25, -0.2) is 8.42 Å². The molecule has 0 N–H and O–H groups in total. The van der Waals surface area contributed by atoms with Gasteiger partial charge < -0.3 is 4.72 Å². The van der Waals surface area contributed by atoms with Crippen LogP contribution in [-0.4, -0.2) is 32.0 Å². The number of Topliss-reactive ketones (excluding diaryl/α,β-unsaturated/α-hetero) is 1. The van der Waals surface area contributed by atoms with Crippen molar-refractivity contribution in [3.63, 3.8) is 0 Å². The van der Waals surface area contributed by atoms with Crippen LogP contribution in [0.1, 0.15) is 27.5 Å². The molecule has 3 rings (SSSR count). The summed E-state index contributed by atoms with van der Waals surface area (Å²) in [6, 6.07) is 24.0. The first-order valence-electron chi connectivity index (χ1n) is 9.54. The van der Waals surface area contributed by atoms with Crippen molar-refractivity contribution in [2.45, 2.75) is 23.1 Å². The van der Waals surface area contributed by atoms with E-state index in [1.54, 1.807) is 36.4 Å². The van der Waals surface area contributed by atoms with Crippen LogP contribution < -0.4 is 0 Å². The summed E-state index contributed by atoms with van der Waals surface area (Å²) in [7, 11) is -4.36. The Bertz CT molecular complexity index is 1080. The number of rotatable bonds is 8. The Morgan fingerprint density at radius 3 is 1.90 bits per heavy atom. The van der Waals surface area contributed by atoms with E-state index in [4.69, 9.17) is 0 Å². The third kappa shape index (κ3) is 5.19. The third-order valence-corrected chi connectivity index (χ3v) is 7.68. The van der Waals surface area contributed by atoms with Crippen LogP contribution in [0.15, 0.2) is 89.8 Å². The zero-order chi connectivity index (χ0) is 21.7. The fourth-order valence-electron chi connectivity index (χ4n) is 3.24. The van der Waals surface area contributed by atoms with E-state index in [1.165, 1.54) is 0 Å². The number of nitrogens with zero attached hydrogens (tertiary/aromatic N) is 1. The number of carbonyl (C=O) groups is 1. The maximum Gasteiger partial charge on any atom is 0.213 e. The lowest BCUT2D eigenvalue weighted by Gasteiger charge is -2.35. The second kappa shape index (κ2) is 9.60. The molecule has 3 aromatic carbocycles. The summed E-state index contributed by atoms with van der Waals surface area (Å²) in [5.41, 5.74) is 2.24. The van der Waals surface area contributed by atoms with Gasteiger partial charge in [0.2, 0.25) is 5.78 Å². The molecule has 2 unspecified atom stereocenters. The Hall–Kier alpha value is -2.41. The molecular weight excluding hydrogens is 414 g/mol. The highest BCUT2D eigenvalue weighted by Crippen LogP contribution is 2.36. The first-order valence-corrected chi connectivity index (χ1v) is 13.1. The fourth-order valence-corrected chi connectivity index (χ4v) is 5.76. The van der Waals surface area contributed by atoms with E-state index in [0.717, 1.165) is 5.56 Å². The lowest BCUT2D eigenvalue weighted by atomic mass is 9.98. The van der Waals surface area contributed by atoms with Gasteiger partial charge in [0.25, 0.3) is 0 Å². The second-order valence-corrected chi connectivity index (χ2v) is 11.2. The van der Waals surface area contributed by atoms with Crippen molar-refractivity contribution in [2.24, 2.45) is 0 Å². The Kier molecular flexibility index (Phi) is 7.13. The van der Waals surface area contributed by atoms with Crippen molar-refractivity contribution in [2.75, 3.05) is 12.5 Å². The highest BCUT2D eigenvalue weighted by atomic mass is 32.2. The van der Waals surface area contributed by atoms with Gasteiger partial charge in [-0.05, 0) is 36.0 Å². The highest BCUT2D eigenvalue weighted by molar-refractivity contribution is 7.97. The molecule has 0 radical (unpaired) electrons. The molecule has 2 atom stereocenters. The maximum atomic E-state index is 13.4. The minimum atomic E-state index is -3.94. The predicted octanol–water partition coefficient (Wildman–Crippen LogP) is 4.93. The monoisotopic (exact) mass is 439 g/mol. The van der Waals surface area contributed by atoms with Crippen LogP contribution in [0, 0.1) is 6.92 Å². The average molecular weight is 440 g/mol. The zero-order valence-electron chi connectivity index (χ0n) is 17.2. The molecule has 0 amide bonds. The number of ketones is 1. The average Bonchev–Trinajstić information content (AvgIpc) is 2.74. The van der Waals surface area contributed by atoms with Crippen LogP contribution in [0.4, 0.5) is 0 Å². The number of carbonyl (C=O) groups excluding carboxylic acids is 1. The van der Waals surface area contributed by atoms with E-state index in [1.807, 2.05) is 68.0 Å². The van der Waals surface area contributed by atoms with Gasteiger partial charge in [0.1, 0.15) is 10.0 Å². The minimum absolute atomic E-state index is 0.0966. The van der Waals surface area contributed by atoms with Crippen LogP contribution in [0.2, 0.25) is 0 Å². The van der Waals surface area contributed by atoms with Crippen LogP contribution >= 0.6 is 0 Å². The Morgan fingerprint density at radius 1 is 0.833 bits per heavy atom. The van der Waals surface area contributed by atoms with Gasteiger partial charge in [-0.3, -0.25) is 4.79 Å². The molecule has 30 heavy (non-hydrogen) atoms. The SMILES string of the molecule is Cc1ccc(S(=O)(=O)[N-]C(c2ccccc2)C(C(=O)c2ccccc2)[S+](C)C)cc1. The molecule has 0 heterocycles. The van der Waals surface area contributed by atoms with E-state index in [9.17, 15) is 13.2 Å². The van der Waals surface area contributed by atoms with E-state index >= 15 is 0 Å². The van der Waals surface area contributed by atoms with E-state index in [-0.39, 0.29) is 10.7 Å². The van der Waals surface area contributed by atoms with Gasteiger partial charge in [0.05, 0.1) is 12.5 Å². The summed E-state index contributed by atoms with van der Waals surface area (Å²) < 4.78 is 30.6. The van der Waals surface area contributed by atoms with Gasteiger partial charge in [0.15, 0.2) is 5.25 Å². The molecule has 0 saturated heterocycles. The fraction of sp³-hybridized carbons (Fsp3) is 0.208. The van der Waals surface area contributed by atoms with Crippen LogP contribution in [0.25, 0.3) is 4.72 Å². The molecule has 0 aromatic heterocycles. The summed E-state index contributed by atoms with van der Waals surface area (Å²) in [6.07, 6.45) is 3.91. The van der Waals surface area contributed by atoms with E-state index in [0.29, 0.717) is 11.1 Å². The van der Waals surface area contributed by atoms with E-state index in [2.05, 4.69) is 4.72 Å². The molecule has 156 valence electrons. The Morgan fingerprint density at radius 2 is 1.37 bits per heavy atom. The van der Waals surface area contributed by atoms with Crippen LogP contribution in [0.5, 0.6) is 0 Å². The summed E-state index contributed by atoms with van der Waals surface area (Å²) in [6.45, 7) is 1.90. The number of benzene rings is 3. The summed E-state index contributed by atoms with van der Waals surface area (Å²) in [5, 5.41) is -0.588. The first-order chi connectivity index (χ1) is 14.3. The summed E-state index contributed by atoms with van der Waals surface area (Å²) in [5.74, 6) is -0.0966. The Labute approximate surface area is 181 Å². The van der Waals surface area contributed by atoms with Gasteiger partial charge in [-0.1, -0.05) is 83.9 Å². The molecule has 0 bridgehead atoms. The number of aryl methyl sites for hydroxylation is 1. The molecule has 0 aliphatic heterocycles. The summed E-state index contributed by atoms with van der Waals surface area (Å²) in [4.78, 5) is 13.6. The lowest BCUT2D eigenvalue weighted by molar-refractivity contribution is 0.0984. The van der Waals surface area contributed by atoms with E-state index < -0.39 is 32.2 Å². The first kappa shape index (κ1) is 22.3. The molecule has 0 aliphatic rings. The molecule has 0 aliphatic carbocycles. The highest BCUT2D eigenvalue weighted by Gasteiger charge is 2.36. The standard InChI is InChI=1S/C24H25NO3S2/c1-18-14-16-21(17-15-18)30(27,28)25-22(19-10-6-4-7-11-19)24(29(2)3)23(26)20-12-8-5-9-13-20/h4-17,22,24H,1-3H3. The topological polar surface area (TPSA) is 65.3 Å². The minimum Gasteiger partial charge on any atom is -0.534 e. The normalized spacial score (nSPS) is 13.7. The maximum absolute atomic E-state index is 13.4. The van der Waals surface area contributed by atoms with Gasteiger partial charge in [0, 0.05) is 10.5 Å². The smallest absolute Gasteiger partial charge is 0.213 e. The number of sulfonamides is 1. The molecule has 4 nitrogen and oxygen atoms in total. The third-order valence-electron chi connectivity index (χ3n) is 4.82.